The Morgan fingerprint density at radius 3 is 2.76 bits per heavy atom. The van der Waals surface area contributed by atoms with Gasteiger partial charge >= 0.3 is 0 Å². The van der Waals surface area contributed by atoms with Gasteiger partial charge in [-0.25, -0.2) is 0 Å². The first-order chi connectivity index (χ1) is 8.28. The predicted molar refractivity (Wildman–Crippen MR) is 71.9 cm³/mol. The summed E-state index contributed by atoms with van der Waals surface area (Å²) in [5.41, 5.74) is 2.14. The lowest BCUT2D eigenvalue weighted by Gasteiger charge is -2.21. The molecule has 17 heavy (non-hydrogen) atoms. The van der Waals surface area contributed by atoms with Gasteiger partial charge in [-0.15, -0.1) is 0 Å². The molecule has 0 atom stereocenters. The minimum absolute atomic E-state index is 0.624. The first-order valence-corrected chi connectivity index (χ1v) is 6.39. The SMILES string of the molecule is COc1cc2c(cc1Cl)Nc1ccccc1S2. The van der Waals surface area contributed by atoms with E-state index in [4.69, 9.17) is 16.3 Å². The number of benzene rings is 2. The summed E-state index contributed by atoms with van der Waals surface area (Å²) < 4.78 is 5.23. The van der Waals surface area contributed by atoms with Gasteiger partial charge in [-0.1, -0.05) is 35.5 Å². The number of anilines is 2. The van der Waals surface area contributed by atoms with Gasteiger partial charge < -0.3 is 10.1 Å². The number of hydrogen-bond donors (Lipinski definition) is 1. The average Bonchev–Trinajstić information content (AvgIpc) is 2.35. The van der Waals surface area contributed by atoms with Gasteiger partial charge in [0.15, 0.2) is 0 Å². The van der Waals surface area contributed by atoms with E-state index in [1.165, 1.54) is 4.90 Å². The van der Waals surface area contributed by atoms with Crippen molar-refractivity contribution in [2.45, 2.75) is 9.79 Å². The third-order valence-electron chi connectivity index (χ3n) is 2.63. The van der Waals surface area contributed by atoms with Crippen molar-refractivity contribution in [3.8, 4) is 5.75 Å². The smallest absolute Gasteiger partial charge is 0.138 e. The lowest BCUT2D eigenvalue weighted by atomic mass is 10.2. The van der Waals surface area contributed by atoms with E-state index in [0.29, 0.717) is 10.8 Å². The van der Waals surface area contributed by atoms with E-state index in [1.807, 2.05) is 24.3 Å². The summed E-state index contributed by atoms with van der Waals surface area (Å²) in [5.74, 6) is 0.707. The second-order valence-corrected chi connectivity index (χ2v) is 5.20. The van der Waals surface area contributed by atoms with Gasteiger partial charge in [0.05, 0.1) is 23.5 Å². The molecule has 0 bridgehead atoms. The molecule has 0 saturated heterocycles. The molecule has 0 amide bonds. The van der Waals surface area contributed by atoms with E-state index in [0.717, 1.165) is 16.3 Å². The molecule has 4 heteroatoms. The summed E-state index contributed by atoms with van der Waals surface area (Å²) in [6.45, 7) is 0. The van der Waals surface area contributed by atoms with Gasteiger partial charge in [-0.05, 0) is 24.3 Å². The molecule has 1 heterocycles. The number of fused-ring (bicyclic) bond motifs is 2. The second-order valence-electron chi connectivity index (χ2n) is 3.71. The van der Waals surface area contributed by atoms with E-state index in [9.17, 15) is 0 Å². The van der Waals surface area contributed by atoms with Crippen LogP contribution in [0, 0.1) is 0 Å². The summed E-state index contributed by atoms with van der Waals surface area (Å²) in [6, 6.07) is 12.1. The average molecular weight is 264 g/mol. The van der Waals surface area contributed by atoms with Crippen molar-refractivity contribution >= 4 is 34.7 Å². The lowest BCUT2D eigenvalue weighted by Crippen LogP contribution is -2.00. The topological polar surface area (TPSA) is 21.3 Å². The van der Waals surface area contributed by atoms with Gasteiger partial charge in [-0.3, -0.25) is 0 Å². The molecule has 0 aliphatic carbocycles. The molecule has 0 aromatic heterocycles. The van der Waals surface area contributed by atoms with Crippen LogP contribution >= 0.6 is 23.4 Å². The second kappa shape index (κ2) is 4.17. The van der Waals surface area contributed by atoms with E-state index < -0.39 is 0 Å². The highest BCUT2D eigenvalue weighted by Gasteiger charge is 2.17. The Hall–Kier alpha value is -1.32. The maximum atomic E-state index is 6.11. The van der Waals surface area contributed by atoms with Gasteiger partial charge in [0.1, 0.15) is 5.75 Å². The largest absolute Gasteiger partial charge is 0.495 e. The van der Waals surface area contributed by atoms with Crippen molar-refractivity contribution < 1.29 is 4.74 Å². The van der Waals surface area contributed by atoms with Crippen LogP contribution in [0.3, 0.4) is 0 Å². The first kappa shape index (κ1) is 10.8. The number of rotatable bonds is 1. The predicted octanol–water partition coefficient (Wildman–Crippen LogP) is 4.56. The van der Waals surface area contributed by atoms with Crippen LogP contribution < -0.4 is 10.1 Å². The van der Waals surface area contributed by atoms with Crippen LogP contribution in [0.4, 0.5) is 11.4 Å². The molecule has 0 unspecified atom stereocenters. The molecule has 2 aromatic carbocycles. The number of methoxy groups -OCH3 is 1. The van der Waals surface area contributed by atoms with Crippen LogP contribution in [-0.4, -0.2) is 7.11 Å². The van der Waals surface area contributed by atoms with Crippen molar-refractivity contribution in [2.24, 2.45) is 0 Å². The molecule has 1 N–H and O–H groups in total. The number of ether oxygens (including phenoxy) is 1. The molecule has 2 aromatic rings. The molecule has 2 nitrogen and oxygen atoms in total. The summed E-state index contributed by atoms with van der Waals surface area (Å²) >= 11 is 7.83. The van der Waals surface area contributed by atoms with E-state index in [-0.39, 0.29) is 0 Å². The molecule has 0 fully saturated rings. The molecular formula is C13H10ClNOS. The Morgan fingerprint density at radius 2 is 1.94 bits per heavy atom. The van der Waals surface area contributed by atoms with Crippen LogP contribution in [0.15, 0.2) is 46.2 Å². The fraction of sp³-hybridized carbons (Fsp3) is 0.0769. The maximum Gasteiger partial charge on any atom is 0.138 e. The molecule has 86 valence electrons. The van der Waals surface area contributed by atoms with Crippen molar-refractivity contribution in [3.05, 3.63) is 41.4 Å². The van der Waals surface area contributed by atoms with E-state index in [1.54, 1.807) is 18.9 Å². The monoisotopic (exact) mass is 263 g/mol. The molecule has 0 radical (unpaired) electrons. The quantitative estimate of drug-likeness (QED) is 0.696. The molecule has 0 saturated carbocycles. The highest BCUT2D eigenvalue weighted by Crippen LogP contribution is 2.46. The molecule has 1 aliphatic heterocycles. The summed E-state index contributed by atoms with van der Waals surface area (Å²) in [4.78, 5) is 2.34. The van der Waals surface area contributed by atoms with Crippen LogP contribution in [-0.2, 0) is 0 Å². The van der Waals surface area contributed by atoms with Gasteiger partial charge in [-0.2, -0.15) is 0 Å². The zero-order valence-corrected chi connectivity index (χ0v) is 10.7. The number of para-hydroxylation sites is 1. The Labute approximate surface area is 109 Å². The van der Waals surface area contributed by atoms with Gasteiger partial charge in [0, 0.05) is 9.79 Å². The minimum atomic E-state index is 0.624. The zero-order chi connectivity index (χ0) is 11.8. The zero-order valence-electron chi connectivity index (χ0n) is 9.16. The number of halogens is 1. The van der Waals surface area contributed by atoms with Gasteiger partial charge in [0.25, 0.3) is 0 Å². The molecular weight excluding hydrogens is 254 g/mol. The van der Waals surface area contributed by atoms with E-state index >= 15 is 0 Å². The lowest BCUT2D eigenvalue weighted by molar-refractivity contribution is 0.414. The maximum absolute atomic E-state index is 6.11. The van der Waals surface area contributed by atoms with E-state index in [2.05, 4.69) is 17.4 Å². The van der Waals surface area contributed by atoms with Crippen LogP contribution in [0.5, 0.6) is 5.75 Å². The van der Waals surface area contributed by atoms with Crippen LogP contribution in [0.2, 0.25) is 5.02 Å². The van der Waals surface area contributed by atoms with Crippen LogP contribution in [0.1, 0.15) is 0 Å². The standard InChI is InChI=1S/C13H10ClNOS/c1-16-11-7-13-10(6-8(11)14)15-9-4-2-3-5-12(9)17-13/h2-7,15H,1H3. The fourth-order valence-corrected chi connectivity index (χ4v) is 3.04. The van der Waals surface area contributed by atoms with Crippen LogP contribution in [0.25, 0.3) is 0 Å². The number of nitrogens with one attached hydrogen (secondary N) is 1. The Morgan fingerprint density at radius 1 is 1.12 bits per heavy atom. The highest BCUT2D eigenvalue weighted by molar-refractivity contribution is 7.99. The Kier molecular flexibility index (Phi) is 2.65. The van der Waals surface area contributed by atoms with Crippen molar-refractivity contribution in [1.82, 2.24) is 0 Å². The fourth-order valence-electron chi connectivity index (χ4n) is 1.80. The Bertz CT molecular complexity index is 586. The third-order valence-corrected chi connectivity index (χ3v) is 4.06. The molecule has 1 aliphatic rings. The van der Waals surface area contributed by atoms with Crippen molar-refractivity contribution in [3.63, 3.8) is 0 Å². The first-order valence-electron chi connectivity index (χ1n) is 5.19. The van der Waals surface area contributed by atoms with Gasteiger partial charge in [0.2, 0.25) is 0 Å². The summed E-state index contributed by atoms with van der Waals surface area (Å²) in [7, 11) is 1.63. The highest BCUT2D eigenvalue weighted by atomic mass is 35.5. The summed E-state index contributed by atoms with van der Waals surface area (Å²) in [5, 5.41) is 4.00. The summed E-state index contributed by atoms with van der Waals surface area (Å²) in [6.07, 6.45) is 0. The molecule has 3 rings (SSSR count). The minimum Gasteiger partial charge on any atom is -0.495 e. The Balaban J connectivity index is 2.09. The molecule has 0 spiro atoms. The normalized spacial score (nSPS) is 12.4. The van der Waals surface area contributed by atoms with Crippen molar-refractivity contribution in [2.75, 3.05) is 12.4 Å². The van der Waals surface area contributed by atoms with Crippen molar-refractivity contribution in [1.29, 1.82) is 0 Å². The third kappa shape index (κ3) is 1.85. The number of hydrogen-bond acceptors (Lipinski definition) is 3.